The van der Waals surface area contributed by atoms with Gasteiger partial charge in [0, 0.05) is 6.04 Å². The van der Waals surface area contributed by atoms with Gasteiger partial charge in [0.2, 0.25) is 0 Å². The van der Waals surface area contributed by atoms with Gasteiger partial charge in [0.1, 0.15) is 0 Å². The van der Waals surface area contributed by atoms with Crippen LogP contribution in [0.3, 0.4) is 0 Å². The molecule has 2 rings (SSSR count). The van der Waals surface area contributed by atoms with Gasteiger partial charge in [-0.15, -0.1) is 0 Å². The quantitative estimate of drug-likeness (QED) is 0.807. The van der Waals surface area contributed by atoms with Gasteiger partial charge < -0.3 is 10.5 Å². The molecule has 2 aliphatic rings. The summed E-state index contributed by atoms with van der Waals surface area (Å²) in [6.45, 7) is 4.61. The van der Waals surface area contributed by atoms with Crippen LogP contribution in [0, 0.1) is 11.8 Å². The van der Waals surface area contributed by atoms with Gasteiger partial charge in [-0.1, -0.05) is 46.0 Å². The highest BCUT2D eigenvalue weighted by Crippen LogP contribution is 2.34. The maximum atomic E-state index is 6.43. The second-order valence-electron chi connectivity index (χ2n) is 6.87. The zero-order valence-electron chi connectivity index (χ0n) is 12.9. The van der Waals surface area contributed by atoms with Gasteiger partial charge in [0.25, 0.3) is 0 Å². The van der Waals surface area contributed by atoms with Gasteiger partial charge in [-0.2, -0.15) is 0 Å². The van der Waals surface area contributed by atoms with E-state index in [2.05, 4.69) is 13.8 Å². The molecule has 112 valence electrons. The van der Waals surface area contributed by atoms with Crippen molar-refractivity contribution in [1.82, 2.24) is 0 Å². The second kappa shape index (κ2) is 7.64. The van der Waals surface area contributed by atoms with E-state index in [1.807, 2.05) is 0 Å². The molecule has 19 heavy (non-hydrogen) atoms. The lowest BCUT2D eigenvalue weighted by atomic mass is 9.81. The fourth-order valence-electron chi connectivity index (χ4n) is 4.05. The molecular weight excluding hydrogens is 234 g/mol. The molecule has 0 saturated heterocycles. The summed E-state index contributed by atoms with van der Waals surface area (Å²) in [5.41, 5.74) is 6.30. The van der Waals surface area contributed by atoms with E-state index < -0.39 is 0 Å². The van der Waals surface area contributed by atoms with Crippen molar-refractivity contribution in [2.45, 2.75) is 96.3 Å². The molecular formula is C17H33NO. The minimum atomic E-state index is 0.287. The molecule has 0 bridgehead atoms. The average molecular weight is 267 g/mol. The molecule has 2 N–H and O–H groups in total. The maximum Gasteiger partial charge on any atom is 0.0732 e. The van der Waals surface area contributed by atoms with Crippen LogP contribution in [0.1, 0.15) is 78.1 Å². The van der Waals surface area contributed by atoms with Crippen molar-refractivity contribution in [1.29, 1.82) is 0 Å². The molecule has 2 heteroatoms. The summed E-state index contributed by atoms with van der Waals surface area (Å²) in [6, 6.07) is 0.287. The van der Waals surface area contributed by atoms with Crippen LogP contribution in [-0.4, -0.2) is 18.2 Å². The lowest BCUT2D eigenvalue weighted by molar-refractivity contribution is -0.0720. The van der Waals surface area contributed by atoms with Crippen LogP contribution < -0.4 is 5.73 Å². The van der Waals surface area contributed by atoms with E-state index >= 15 is 0 Å². The Morgan fingerprint density at radius 1 is 1.00 bits per heavy atom. The third-order valence-corrected chi connectivity index (χ3v) is 5.33. The third-order valence-electron chi connectivity index (χ3n) is 5.33. The second-order valence-corrected chi connectivity index (χ2v) is 6.87. The summed E-state index contributed by atoms with van der Waals surface area (Å²) in [6.07, 6.45) is 13.8. The molecule has 5 atom stereocenters. The highest BCUT2D eigenvalue weighted by molar-refractivity contribution is 4.85. The first-order valence-electron chi connectivity index (χ1n) is 8.63. The summed E-state index contributed by atoms with van der Waals surface area (Å²) in [5, 5.41) is 0. The molecule has 0 spiro atoms. The van der Waals surface area contributed by atoms with Crippen molar-refractivity contribution in [3.8, 4) is 0 Å². The zero-order chi connectivity index (χ0) is 13.7. The van der Waals surface area contributed by atoms with Crippen LogP contribution in [0.25, 0.3) is 0 Å². The van der Waals surface area contributed by atoms with Gasteiger partial charge in [-0.3, -0.25) is 0 Å². The smallest absolute Gasteiger partial charge is 0.0732 e. The van der Waals surface area contributed by atoms with Gasteiger partial charge in [0.05, 0.1) is 12.2 Å². The van der Waals surface area contributed by atoms with Crippen molar-refractivity contribution in [2.24, 2.45) is 17.6 Å². The highest BCUT2D eigenvalue weighted by atomic mass is 16.5. The minimum absolute atomic E-state index is 0.287. The maximum absolute atomic E-state index is 6.43. The normalized spacial score (nSPS) is 40.3. The molecule has 5 unspecified atom stereocenters. The molecule has 2 aliphatic carbocycles. The van der Waals surface area contributed by atoms with Gasteiger partial charge >= 0.3 is 0 Å². The van der Waals surface area contributed by atoms with Crippen molar-refractivity contribution in [3.05, 3.63) is 0 Å². The fraction of sp³-hybridized carbons (Fsp3) is 1.00. The van der Waals surface area contributed by atoms with Crippen molar-refractivity contribution in [2.75, 3.05) is 0 Å². The third kappa shape index (κ3) is 4.46. The van der Waals surface area contributed by atoms with E-state index in [0.29, 0.717) is 12.2 Å². The van der Waals surface area contributed by atoms with E-state index in [4.69, 9.17) is 10.5 Å². The van der Waals surface area contributed by atoms with Crippen LogP contribution in [0.5, 0.6) is 0 Å². The molecule has 0 radical (unpaired) electrons. The van der Waals surface area contributed by atoms with Crippen molar-refractivity contribution in [3.63, 3.8) is 0 Å². The zero-order valence-corrected chi connectivity index (χ0v) is 12.9. The number of hydrogen-bond acceptors (Lipinski definition) is 2. The van der Waals surface area contributed by atoms with E-state index in [1.165, 1.54) is 64.2 Å². The first kappa shape index (κ1) is 15.3. The summed E-state index contributed by atoms with van der Waals surface area (Å²) < 4.78 is 6.43. The molecule has 2 nitrogen and oxygen atoms in total. The Labute approximate surface area is 119 Å². The molecule has 0 heterocycles. The molecule has 2 saturated carbocycles. The Bertz CT molecular complexity index is 256. The molecule has 0 aromatic rings. The Balaban J connectivity index is 1.82. The Hall–Kier alpha value is -0.0800. The predicted molar refractivity (Wildman–Crippen MR) is 81.1 cm³/mol. The van der Waals surface area contributed by atoms with Crippen LogP contribution in [0.15, 0.2) is 0 Å². The lowest BCUT2D eigenvalue weighted by Crippen LogP contribution is -2.44. The Kier molecular flexibility index (Phi) is 6.15. The minimum Gasteiger partial charge on any atom is -0.373 e. The lowest BCUT2D eigenvalue weighted by Gasteiger charge is -2.38. The van der Waals surface area contributed by atoms with E-state index in [0.717, 1.165) is 11.8 Å². The van der Waals surface area contributed by atoms with E-state index in [-0.39, 0.29) is 6.04 Å². The van der Waals surface area contributed by atoms with Crippen LogP contribution in [-0.2, 0) is 4.74 Å². The molecule has 0 aromatic carbocycles. The first-order chi connectivity index (χ1) is 9.22. The highest BCUT2D eigenvalue weighted by Gasteiger charge is 2.31. The van der Waals surface area contributed by atoms with Crippen LogP contribution in [0.4, 0.5) is 0 Å². The van der Waals surface area contributed by atoms with Gasteiger partial charge in [0.15, 0.2) is 0 Å². The first-order valence-corrected chi connectivity index (χ1v) is 8.63. The SMILES string of the molecule is CCCC1CCC(N)C(OC2CCCC(CC)C2)C1. The van der Waals surface area contributed by atoms with E-state index in [9.17, 15) is 0 Å². The van der Waals surface area contributed by atoms with Gasteiger partial charge in [-0.05, 0) is 43.9 Å². The number of rotatable bonds is 5. The van der Waals surface area contributed by atoms with E-state index in [1.54, 1.807) is 0 Å². The molecule has 2 fully saturated rings. The van der Waals surface area contributed by atoms with Crippen LogP contribution >= 0.6 is 0 Å². The molecule has 0 aliphatic heterocycles. The average Bonchev–Trinajstić information content (AvgIpc) is 2.43. The summed E-state index contributed by atoms with van der Waals surface area (Å²) in [7, 11) is 0. The summed E-state index contributed by atoms with van der Waals surface area (Å²) in [5.74, 6) is 1.75. The van der Waals surface area contributed by atoms with Crippen LogP contribution in [0.2, 0.25) is 0 Å². The predicted octanol–water partition coefficient (Wildman–Crippen LogP) is 4.27. The molecule has 0 aromatic heterocycles. The summed E-state index contributed by atoms with van der Waals surface area (Å²) in [4.78, 5) is 0. The van der Waals surface area contributed by atoms with Gasteiger partial charge in [-0.25, -0.2) is 0 Å². The fourth-order valence-corrected chi connectivity index (χ4v) is 4.05. The standard InChI is InChI=1S/C17H33NO/c1-3-6-14-9-10-16(18)17(12-14)19-15-8-5-7-13(4-2)11-15/h13-17H,3-12,18H2,1-2H3. The monoisotopic (exact) mass is 267 g/mol. The number of ether oxygens (including phenoxy) is 1. The summed E-state index contributed by atoms with van der Waals surface area (Å²) >= 11 is 0. The Morgan fingerprint density at radius 3 is 2.58 bits per heavy atom. The van der Waals surface area contributed by atoms with Crippen molar-refractivity contribution >= 4 is 0 Å². The topological polar surface area (TPSA) is 35.2 Å². The number of hydrogen-bond donors (Lipinski definition) is 1. The Morgan fingerprint density at radius 2 is 1.84 bits per heavy atom. The number of nitrogens with two attached hydrogens (primary N) is 1. The largest absolute Gasteiger partial charge is 0.373 e. The molecule has 0 amide bonds. The van der Waals surface area contributed by atoms with Crippen molar-refractivity contribution < 1.29 is 4.74 Å².